The lowest BCUT2D eigenvalue weighted by Gasteiger charge is -2.12. The summed E-state index contributed by atoms with van der Waals surface area (Å²) in [5, 5.41) is 11.3. The average Bonchev–Trinajstić information content (AvgIpc) is 2.49. The molecule has 0 saturated carbocycles. The Kier molecular flexibility index (Phi) is 6.97. The van der Waals surface area contributed by atoms with Crippen LogP contribution in [0, 0.1) is 0 Å². The zero-order valence-electron chi connectivity index (χ0n) is 12.0. The van der Waals surface area contributed by atoms with E-state index in [0.29, 0.717) is 0 Å². The summed E-state index contributed by atoms with van der Waals surface area (Å²) in [5.74, 6) is -0.531. The molecule has 0 aromatic heterocycles. The standard InChI is InChI=1S/C15H19NO5/c1-20-12-6-3-11(4-7-12)5-8-14(17)16-10-13(21-2)9-15(18)19/h3-8,13H,9-10H2,1-2H3,(H,16,17)(H,18,19)/b8-5+. The summed E-state index contributed by atoms with van der Waals surface area (Å²) in [4.78, 5) is 22.2. The molecule has 0 aliphatic carbocycles. The van der Waals surface area contributed by atoms with Crippen molar-refractivity contribution in [3.05, 3.63) is 35.9 Å². The number of rotatable bonds is 8. The lowest BCUT2D eigenvalue weighted by atomic mass is 10.2. The van der Waals surface area contributed by atoms with Gasteiger partial charge in [-0.15, -0.1) is 0 Å². The molecule has 0 aliphatic heterocycles. The summed E-state index contributed by atoms with van der Waals surface area (Å²) in [6.45, 7) is 0.147. The Hall–Kier alpha value is -2.34. The smallest absolute Gasteiger partial charge is 0.306 e. The highest BCUT2D eigenvalue weighted by Crippen LogP contribution is 2.12. The summed E-state index contributed by atoms with van der Waals surface area (Å²) in [5.41, 5.74) is 0.861. The van der Waals surface area contributed by atoms with Gasteiger partial charge in [-0.2, -0.15) is 0 Å². The molecule has 2 N–H and O–H groups in total. The molecular weight excluding hydrogens is 274 g/mol. The highest BCUT2D eigenvalue weighted by molar-refractivity contribution is 5.91. The fourth-order valence-electron chi connectivity index (χ4n) is 1.59. The van der Waals surface area contributed by atoms with E-state index in [0.717, 1.165) is 11.3 Å². The maximum absolute atomic E-state index is 11.6. The molecule has 0 aliphatic rings. The Morgan fingerprint density at radius 2 is 1.95 bits per heavy atom. The number of carboxylic acid groups (broad SMARTS) is 1. The summed E-state index contributed by atoms with van der Waals surface area (Å²) in [6, 6.07) is 7.24. The Morgan fingerprint density at radius 3 is 2.48 bits per heavy atom. The molecule has 1 aromatic rings. The number of nitrogens with one attached hydrogen (secondary N) is 1. The molecule has 114 valence electrons. The SMILES string of the molecule is COc1ccc(/C=C/C(=O)NCC(CC(=O)O)OC)cc1. The Balaban J connectivity index is 2.44. The van der Waals surface area contributed by atoms with E-state index in [1.807, 2.05) is 12.1 Å². The van der Waals surface area contributed by atoms with Gasteiger partial charge in [0.15, 0.2) is 0 Å². The van der Waals surface area contributed by atoms with Crippen molar-refractivity contribution in [3.8, 4) is 5.75 Å². The van der Waals surface area contributed by atoms with Crippen molar-refractivity contribution >= 4 is 18.0 Å². The van der Waals surface area contributed by atoms with Crippen molar-refractivity contribution < 1.29 is 24.2 Å². The van der Waals surface area contributed by atoms with Gasteiger partial charge in [0.05, 0.1) is 19.6 Å². The van der Waals surface area contributed by atoms with Crippen LogP contribution in [0.1, 0.15) is 12.0 Å². The summed E-state index contributed by atoms with van der Waals surface area (Å²) in [6.07, 6.45) is 2.35. The first-order chi connectivity index (χ1) is 10.0. The molecule has 21 heavy (non-hydrogen) atoms. The lowest BCUT2D eigenvalue weighted by Crippen LogP contribution is -2.33. The van der Waals surface area contributed by atoms with Gasteiger partial charge in [-0.3, -0.25) is 9.59 Å². The minimum absolute atomic E-state index is 0.147. The summed E-state index contributed by atoms with van der Waals surface area (Å²) < 4.78 is 10.0. The van der Waals surface area contributed by atoms with Crippen LogP contribution in [0.3, 0.4) is 0 Å². The number of hydrogen-bond donors (Lipinski definition) is 2. The molecule has 1 rings (SSSR count). The van der Waals surface area contributed by atoms with Crippen molar-refractivity contribution in [1.82, 2.24) is 5.32 Å². The van der Waals surface area contributed by atoms with Crippen LogP contribution in [-0.2, 0) is 14.3 Å². The van der Waals surface area contributed by atoms with Gasteiger partial charge < -0.3 is 19.9 Å². The van der Waals surface area contributed by atoms with Crippen LogP contribution in [0.4, 0.5) is 0 Å². The van der Waals surface area contributed by atoms with E-state index in [1.54, 1.807) is 25.3 Å². The number of hydrogen-bond acceptors (Lipinski definition) is 4. The van der Waals surface area contributed by atoms with Crippen LogP contribution in [0.5, 0.6) is 5.75 Å². The number of carboxylic acids is 1. The second kappa shape index (κ2) is 8.76. The molecule has 6 heteroatoms. The van der Waals surface area contributed by atoms with E-state index in [1.165, 1.54) is 13.2 Å². The molecule has 0 fully saturated rings. The van der Waals surface area contributed by atoms with Crippen molar-refractivity contribution in [3.63, 3.8) is 0 Å². The third-order valence-electron chi connectivity index (χ3n) is 2.78. The van der Waals surface area contributed by atoms with E-state index < -0.39 is 12.1 Å². The van der Waals surface area contributed by atoms with Gasteiger partial charge in [-0.25, -0.2) is 0 Å². The van der Waals surface area contributed by atoms with Gasteiger partial charge in [0.1, 0.15) is 5.75 Å². The normalized spacial score (nSPS) is 12.1. The first-order valence-electron chi connectivity index (χ1n) is 6.39. The Morgan fingerprint density at radius 1 is 1.29 bits per heavy atom. The highest BCUT2D eigenvalue weighted by atomic mass is 16.5. The van der Waals surface area contributed by atoms with Crippen LogP contribution in [0.2, 0.25) is 0 Å². The quantitative estimate of drug-likeness (QED) is 0.706. The van der Waals surface area contributed by atoms with E-state index in [-0.39, 0.29) is 18.9 Å². The molecule has 1 aromatic carbocycles. The predicted octanol–water partition coefficient (Wildman–Crippen LogP) is 1.31. The topological polar surface area (TPSA) is 84.9 Å². The third-order valence-corrected chi connectivity index (χ3v) is 2.78. The van der Waals surface area contributed by atoms with Crippen molar-refractivity contribution in [1.29, 1.82) is 0 Å². The lowest BCUT2D eigenvalue weighted by molar-refractivity contribution is -0.140. The van der Waals surface area contributed by atoms with Crippen LogP contribution >= 0.6 is 0 Å². The molecule has 0 radical (unpaired) electrons. The van der Waals surface area contributed by atoms with E-state index >= 15 is 0 Å². The minimum Gasteiger partial charge on any atom is -0.497 e. The molecule has 6 nitrogen and oxygen atoms in total. The van der Waals surface area contributed by atoms with Crippen LogP contribution in [0.15, 0.2) is 30.3 Å². The van der Waals surface area contributed by atoms with Gasteiger partial charge in [0.25, 0.3) is 0 Å². The first-order valence-corrected chi connectivity index (χ1v) is 6.39. The summed E-state index contributed by atoms with van der Waals surface area (Å²) in [7, 11) is 2.99. The van der Waals surface area contributed by atoms with Gasteiger partial charge in [-0.1, -0.05) is 12.1 Å². The molecule has 0 bridgehead atoms. The van der Waals surface area contributed by atoms with E-state index in [4.69, 9.17) is 14.6 Å². The molecular formula is C15H19NO5. The largest absolute Gasteiger partial charge is 0.497 e. The van der Waals surface area contributed by atoms with Crippen molar-refractivity contribution in [2.45, 2.75) is 12.5 Å². The molecule has 1 amide bonds. The Labute approximate surface area is 123 Å². The maximum Gasteiger partial charge on any atom is 0.306 e. The van der Waals surface area contributed by atoms with Gasteiger partial charge in [-0.05, 0) is 23.8 Å². The second-order valence-electron chi connectivity index (χ2n) is 4.31. The maximum atomic E-state index is 11.6. The van der Waals surface area contributed by atoms with Crippen molar-refractivity contribution in [2.24, 2.45) is 0 Å². The zero-order valence-corrected chi connectivity index (χ0v) is 12.0. The molecule has 0 heterocycles. The van der Waals surface area contributed by atoms with Gasteiger partial charge >= 0.3 is 5.97 Å². The molecule has 1 atom stereocenters. The number of aliphatic carboxylic acids is 1. The fourth-order valence-corrected chi connectivity index (χ4v) is 1.59. The number of ether oxygens (including phenoxy) is 2. The van der Waals surface area contributed by atoms with E-state index in [9.17, 15) is 9.59 Å². The van der Waals surface area contributed by atoms with Crippen LogP contribution < -0.4 is 10.1 Å². The number of carbonyl (C=O) groups is 2. The molecule has 0 saturated heterocycles. The highest BCUT2D eigenvalue weighted by Gasteiger charge is 2.12. The van der Waals surface area contributed by atoms with E-state index in [2.05, 4.69) is 5.32 Å². The number of benzene rings is 1. The van der Waals surface area contributed by atoms with Gasteiger partial charge in [0.2, 0.25) is 5.91 Å². The first kappa shape index (κ1) is 16.7. The zero-order chi connectivity index (χ0) is 15.7. The third kappa shape index (κ3) is 6.58. The van der Waals surface area contributed by atoms with Crippen LogP contribution in [0.25, 0.3) is 6.08 Å². The number of methoxy groups -OCH3 is 2. The minimum atomic E-state index is -0.968. The van der Waals surface area contributed by atoms with Crippen LogP contribution in [-0.4, -0.2) is 43.9 Å². The number of carbonyl (C=O) groups excluding carboxylic acids is 1. The molecule has 1 unspecified atom stereocenters. The predicted molar refractivity (Wildman–Crippen MR) is 78.1 cm³/mol. The van der Waals surface area contributed by atoms with Gasteiger partial charge in [0, 0.05) is 19.7 Å². The van der Waals surface area contributed by atoms with Crippen molar-refractivity contribution in [2.75, 3.05) is 20.8 Å². The Bertz CT molecular complexity index is 495. The summed E-state index contributed by atoms with van der Waals surface area (Å²) >= 11 is 0. The average molecular weight is 293 g/mol. The number of amides is 1. The second-order valence-corrected chi connectivity index (χ2v) is 4.31. The monoisotopic (exact) mass is 293 g/mol. The fraction of sp³-hybridized carbons (Fsp3) is 0.333. The molecule has 0 spiro atoms.